The summed E-state index contributed by atoms with van der Waals surface area (Å²) in [7, 11) is -1.43. The molecule has 0 amide bonds. The third-order valence-corrected chi connectivity index (χ3v) is 5.29. The molecule has 0 heterocycles. The summed E-state index contributed by atoms with van der Waals surface area (Å²) in [4.78, 5) is 2.39. The van der Waals surface area contributed by atoms with Gasteiger partial charge in [-0.25, -0.2) is 13.1 Å². The van der Waals surface area contributed by atoms with E-state index in [2.05, 4.69) is 25.6 Å². The van der Waals surface area contributed by atoms with Crippen LogP contribution in [0.3, 0.4) is 0 Å². The van der Waals surface area contributed by atoms with Crippen molar-refractivity contribution < 1.29 is 8.42 Å². The first-order valence-corrected chi connectivity index (χ1v) is 9.28. The number of anilines is 1. The lowest BCUT2D eigenvalue weighted by atomic mass is 10.3. The fourth-order valence-corrected chi connectivity index (χ4v) is 3.37. The van der Waals surface area contributed by atoms with E-state index in [0.29, 0.717) is 6.54 Å². The maximum Gasteiger partial charge on any atom is 0.240 e. The van der Waals surface area contributed by atoms with Gasteiger partial charge in [0.05, 0.1) is 4.90 Å². The minimum atomic E-state index is -3.43. The average Bonchev–Trinajstić information content (AvgIpc) is 2.52. The Morgan fingerprint density at radius 3 is 2.32 bits per heavy atom. The standard InChI is InChI=1S/C16H19BrN2O2S/c1-19(15-6-3-2-4-7-15)13-5-12-18-22(20,21)16-10-8-14(17)9-11-16/h2-4,6-11,18H,5,12-13H2,1H3. The fourth-order valence-electron chi connectivity index (χ4n) is 2.03. The van der Waals surface area contributed by atoms with Crippen LogP contribution in [0.4, 0.5) is 5.69 Å². The molecule has 0 fully saturated rings. The average molecular weight is 383 g/mol. The van der Waals surface area contributed by atoms with Crippen LogP contribution in [0.25, 0.3) is 0 Å². The van der Waals surface area contributed by atoms with Gasteiger partial charge in [-0.1, -0.05) is 34.1 Å². The molecule has 0 saturated heterocycles. The van der Waals surface area contributed by atoms with Crippen molar-refractivity contribution in [3.05, 3.63) is 59.1 Å². The van der Waals surface area contributed by atoms with E-state index in [-0.39, 0.29) is 4.90 Å². The second-order valence-corrected chi connectivity index (χ2v) is 7.64. The Morgan fingerprint density at radius 1 is 1.05 bits per heavy atom. The maximum atomic E-state index is 12.1. The van der Waals surface area contributed by atoms with Gasteiger partial charge < -0.3 is 4.90 Å². The predicted molar refractivity (Wildman–Crippen MR) is 93.7 cm³/mol. The van der Waals surface area contributed by atoms with Gasteiger partial charge in [-0.3, -0.25) is 0 Å². The molecular formula is C16H19BrN2O2S. The van der Waals surface area contributed by atoms with Gasteiger partial charge in [-0.05, 0) is 42.8 Å². The Kier molecular flexibility index (Phi) is 5.99. The Morgan fingerprint density at radius 2 is 1.68 bits per heavy atom. The minimum Gasteiger partial charge on any atom is -0.375 e. The number of rotatable bonds is 7. The van der Waals surface area contributed by atoms with Gasteiger partial charge >= 0.3 is 0 Å². The van der Waals surface area contributed by atoms with Crippen LogP contribution >= 0.6 is 15.9 Å². The molecule has 1 N–H and O–H groups in total. The quantitative estimate of drug-likeness (QED) is 0.747. The second kappa shape index (κ2) is 7.76. The first-order valence-electron chi connectivity index (χ1n) is 7.00. The van der Waals surface area contributed by atoms with Crippen molar-refractivity contribution >= 4 is 31.6 Å². The van der Waals surface area contributed by atoms with Crippen LogP contribution in [-0.4, -0.2) is 28.6 Å². The van der Waals surface area contributed by atoms with Gasteiger partial charge in [0, 0.05) is 30.3 Å². The molecule has 0 aliphatic carbocycles. The highest BCUT2D eigenvalue weighted by Gasteiger charge is 2.12. The van der Waals surface area contributed by atoms with Crippen molar-refractivity contribution in [2.45, 2.75) is 11.3 Å². The van der Waals surface area contributed by atoms with E-state index in [1.807, 2.05) is 37.4 Å². The van der Waals surface area contributed by atoms with Crippen molar-refractivity contribution in [3.8, 4) is 0 Å². The minimum absolute atomic E-state index is 0.284. The Balaban J connectivity index is 1.82. The van der Waals surface area contributed by atoms with Crippen molar-refractivity contribution in [1.29, 1.82) is 0 Å². The number of hydrogen-bond donors (Lipinski definition) is 1. The lowest BCUT2D eigenvalue weighted by molar-refractivity contribution is 0.579. The number of para-hydroxylation sites is 1. The molecule has 0 atom stereocenters. The highest BCUT2D eigenvalue weighted by molar-refractivity contribution is 9.10. The molecule has 2 aromatic carbocycles. The number of nitrogens with zero attached hydrogens (tertiary/aromatic N) is 1. The topological polar surface area (TPSA) is 49.4 Å². The molecule has 0 aromatic heterocycles. The van der Waals surface area contributed by atoms with Crippen molar-refractivity contribution in [3.63, 3.8) is 0 Å². The predicted octanol–water partition coefficient (Wildman–Crippen LogP) is 3.25. The molecule has 0 radical (unpaired) electrons. The zero-order valence-electron chi connectivity index (χ0n) is 12.4. The van der Waals surface area contributed by atoms with Gasteiger partial charge in [0.2, 0.25) is 10.0 Å². The fraction of sp³-hybridized carbons (Fsp3) is 0.250. The molecular weight excluding hydrogens is 364 g/mol. The number of nitrogens with one attached hydrogen (secondary N) is 1. The molecule has 4 nitrogen and oxygen atoms in total. The highest BCUT2D eigenvalue weighted by Crippen LogP contribution is 2.14. The number of halogens is 1. The number of benzene rings is 2. The van der Waals surface area contributed by atoms with Crippen LogP contribution < -0.4 is 9.62 Å². The third kappa shape index (κ3) is 4.83. The van der Waals surface area contributed by atoms with Gasteiger partial charge in [-0.15, -0.1) is 0 Å². The summed E-state index contributed by atoms with van der Waals surface area (Å²) in [5.41, 5.74) is 1.12. The Bertz CT molecular complexity index is 688. The molecule has 2 rings (SSSR count). The number of hydrogen-bond acceptors (Lipinski definition) is 3. The lowest BCUT2D eigenvalue weighted by Gasteiger charge is -2.19. The van der Waals surface area contributed by atoms with Crippen LogP contribution in [0.2, 0.25) is 0 Å². The van der Waals surface area contributed by atoms with Gasteiger partial charge in [0.25, 0.3) is 0 Å². The normalized spacial score (nSPS) is 11.4. The van der Waals surface area contributed by atoms with Gasteiger partial charge in [0.1, 0.15) is 0 Å². The molecule has 2 aromatic rings. The summed E-state index contributed by atoms with van der Waals surface area (Å²) in [6, 6.07) is 16.6. The zero-order valence-corrected chi connectivity index (χ0v) is 14.8. The largest absolute Gasteiger partial charge is 0.375 e. The van der Waals surface area contributed by atoms with Gasteiger partial charge in [-0.2, -0.15) is 0 Å². The molecule has 0 unspecified atom stereocenters. The molecule has 0 spiro atoms. The van der Waals surface area contributed by atoms with Crippen LogP contribution in [0, 0.1) is 0 Å². The Labute approximate surface area is 140 Å². The van der Waals surface area contributed by atoms with E-state index in [1.165, 1.54) is 0 Å². The van der Waals surface area contributed by atoms with E-state index in [4.69, 9.17) is 0 Å². The first-order chi connectivity index (χ1) is 10.5. The molecule has 0 saturated carbocycles. The summed E-state index contributed by atoms with van der Waals surface area (Å²) >= 11 is 3.29. The third-order valence-electron chi connectivity index (χ3n) is 3.28. The zero-order chi connectivity index (χ0) is 16.0. The van der Waals surface area contributed by atoms with Crippen LogP contribution in [0.5, 0.6) is 0 Å². The molecule has 0 bridgehead atoms. The van der Waals surface area contributed by atoms with Crippen molar-refractivity contribution in [2.24, 2.45) is 0 Å². The van der Waals surface area contributed by atoms with E-state index in [0.717, 1.165) is 23.1 Å². The smallest absolute Gasteiger partial charge is 0.240 e. The molecule has 118 valence electrons. The number of sulfonamides is 1. The maximum absolute atomic E-state index is 12.1. The van der Waals surface area contributed by atoms with E-state index >= 15 is 0 Å². The molecule has 0 aliphatic heterocycles. The van der Waals surface area contributed by atoms with E-state index in [1.54, 1.807) is 24.3 Å². The molecule has 22 heavy (non-hydrogen) atoms. The van der Waals surface area contributed by atoms with Crippen molar-refractivity contribution in [1.82, 2.24) is 4.72 Å². The summed E-state index contributed by atoms with van der Waals surface area (Å²) in [6.45, 7) is 1.20. The summed E-state index contributed by atoms with van der Waals surface area (Å²) in [5, 5.41) is 0. The van der Waals surface area contributed by atoms with E-state index in [9.17, 15) is 8.42 Å². The lowest BCUT2D eigenvalue weighted by Crippen LogP contribution is -2.28. The van der Waals surface area contributed by atoms with E-state index < -0.39 is 10.0 Å². The monoisotopic (exact) mass is 382 g/mol. The van der Waals surface area contributed by atoms with Crippen LogP contribution in [-0.2, 0) is 10.0 Å². The summed E-state index contributed by atoms with van der Waals surface area (Å²) in [6.07, 6.45) is 0.737. The molecule has 6 heteroatoms. The van der Waals surface area contributed by atoms with Gasteiger partial charge in [0.15, 0.2) is 0 Å². The SMILES string of the molecule is CN(CCCNS(=O)(=O)c1ccc(Br)cc1)c1ccccc1. The Hall–Kier alpha value is -1.37. The first kappa shape index (κ1) is 17.0. The summed E-state index contributed by atoms with van der Waals surface area (Å²) in [5.74, 6) is 0. The highest BCUT2D eigenvalue weighted by atomic mass is 79.9. The summed E-state index contributed by atoms with van der Waals surface area (Å²) < 4.78 is 27.7. The van der Waals surface area contributed by atoms with Crippen LogP contribution in [0.1, 0.15) is 6.42 Å². The second-order valence-electron chi connectivity index (χ2n) is 4.96. The molecule has 0 aliphatic rings. The van der Waals surface area contributed by atoms with Crippen LogP contribution in [0.15, 0.2) is 64.0 Å². The van der Waals surface area contributed by atoms with Crippen molar-refractivity contribution in [2.75, 3.05) is 25.0 Å².